The van der Waals surface area contributed by atoms with Gasteiger partial charge in [-0.2, -0.15) is 0 Å². The van der Waals surface area contributed by atoms with Crippen LogP contribution in [0.15, 0.2) is 6.20 Å². The van der Waals surface area contributed by atoms with Gasteiger partial charge in [0.25, 0.3) is 0 Å². The zero-order valence-electron chi connectivity index (χ0n) is 8.58. The molecule has 2 heterocycles. The monoisotopic (exact) mass is 193 g/mol. The fourth-order valence-electron chi connectivity index (χ4n) is 2.08. The van der Waals surface area contributed by atoms with Gasteiger partial charge in [-0.05, 0) is 19.8 Å². The van der Waals surface area contributed by atoms with Crippen molar-refractivity contribution >= 4 is 5.91 Å². The molecule has 0 saturated carbocycles. The molecule has 0 radical (unpaired) electrons. The molecule has 2 rings (SSSR count). The average molecular weight is 193 g/mol. The molecule has 4 heteroatoms. The van der Waals surface area contributed by atoms with E-state index in [2.05, 4.69) is 9.97 Å². The molecule has 1 aromatic heterocycles. The first kappa shape index (κ1) is 9.24. The Hall–Kier alpha value is -1.32. The van der Waals surface area contributed by atoms with Crippen LogP contribution in [0.5, 0.6) is 0 Å². The number of imidazole rings is 1. The van der Waals surface area contributed by atoms with Crippen molar-refractivity contribution in [1.29, 1.82) is 0 Å². The smallest absolute Gasteiger partial charge is 0.220 e. The second kappa shape index (κ2) is 3.44. The van der Waals surface area contributed by atoms with Crippen molar-refractivity contribution in [3.63, 3.8) is 0 Å². The van der Waals surface area contributed by atoms with Gasteiger partial charge in [0.05, 0.1) is 17.9 Å². The predicted molar refractivity (Wildman–Crippen MR) is 52.7 cm³/mol. The number of rotatable bonds is 1. The summed E-state index contributed by atoms with van der Waals surface area (Å²) in [6.45, 7) is 4.43. The second-order valence-electron chi connectivity index (χ2n) is 3.79. The van der Waals surface area contributed by atoms with Gasteiger partial charge >= 0.3 is 0 Å². The van der Waals surface area contributed by atoms with E-state index in [9.17, 15) is 4.79 Å². The Morgan fingerprint density at radius 3 is 3.07 bits per heavy atom. The fraction of sp³-hybridized carbons (Fsp3) is 0.600. The van der Waals surface area contributed by atoms with Gasteiger partial charge in [-0.25, -0.2) is 4.98 Å². The maximum absolute atomic E-state index is 11.3. The second-order valence-corrected chi connectivity index (χ2v) is 3.79. The number of aromatic nitrogens is 2. The lowest BCUT2D eigenvalue weighted by Crippen LogP contribution is -2.28. The van der Waals surface area contributed by atoms with Gasteiger partial charge in [-0.1, -0.05) is 0 Å². The van der Waals surface area contributed by atoms with Gasteiger partial charge in [0.15, 0.2) is 0 Å². The molecule has 0 bridgehead atoms. The predicted octanol–water partition coefficient (Wildman–Crippen LogP) is 1.40. The van der Waals surface area contributed by atoms with Crippen LogP contribution in [0.3, 0.4) is 0 Å². The number of H-pyrrole nitrogens is 1. The number of hydrogen-bond donors (Lipinski definition) is 1. The van der Waals surface area contributed by atoms with E-state index in [4.69, 9.17) is 0 Å². The lowest BCUT2D eigenvalue weighted by atomic mass is 10.1. The van der Waals surface area contributed by atoms with Crippen molar-refractivity contribution in [3.8, 4) is 0 Å². The summed E-state index contributed by atoms with van der Waals surface area (Å²) in [5, 5.41) is 0. The molecule has 0 spiro atoms. The topological polar surface area (TPSA) is 49.0 Å². The summed E-state index contributed by atoms with van der Waals surface area (Å²) in [5.74, 6) is 1.06. The van der Waals surface area contributed by atoms with Crippen LogP contribution in [0.4, 0.5) is 0 Å². The van der Waals surface area contributed by atoms with Crippen molar-refractivity contribution in [1.82, 2.24) is 14.9 Å². The Bertz CT molecular complexity index is 345. The summed E-state index contributed by atoms with van der Waals surface area (Å²) >= 11 is 0. The van der Waals surface area contributed by atoms with Crippen molar-refractivity contribution in [2.24, 2.45) is 0 Å². The molecule has 1 saturated heterocycles. The lowest BCUT2D eigenvalue weighted by Gasteiger charge is -2.21. The van der Waals surface area contributed by atoms with Crippen LogP contribution >= 0.6 is 0 Å². The van der Waals surface area contributed by atoms with Crippen LogP contribution in [0.1, 0.15) is 37.3 Å². The highest BCUT2D eigenvalue weighted by Crippen LogP contribution is 2.30. The number of likely N-dealkylation sites (tertiary alicyclic amines) is 1. The molecule has 76 valence electrons. The molecule has 0 aliphatic carbocycles. The first-order chi connectivity index (χ1) is 6.68. The number of carbonyl (C=O) groups excluding carboxylic acids is 1. The molecule has 1 aliphatic rings. The summed E-state index contributed by atoms with van der Waals surface area (Å²) in [7, 11) is 0. The van der Waals surface area contributed by atoms with Gasteiger partial charge in [0.2, 0.25) is 5.91 Å². The third-order valence-corrected chi connectivity index (χ3v) is 2.74. The highest BCUT2D eigenvalue weighted by Gasteiger charge is 2.28. The van der Waals surface area contributed by atoms with Crippen molar-refractivity contribution in [2.45, 2.75) is 32.7 Å². The van der Waals surface area contributed by atoms with Gasteiger partial charge in [0, 0.05) is 13.5 Å². The summed E-state index contributed by atoms with van der Waals surface area (Å²) in [5.41, 5.74) is 1.07. The fourth-order valence-corrected chi connectivity index (χ4v) is 2.08. The minimum Gasteiger partial charge on any atom is -0.344 e. The average Bonchev–Trinajstić information content (AvgIpc) is 2.70. The standard InChI is InChI=1S/C10H15N3O/c1-7-11-6-9(12-7)10-4-3-5-13(10)8(2)14/h6,10H,3-5H2,1-2H3,(H,11,12)/t10-/m0/s1. The van der Waals surface area contributed by atoms with Crippen LogP contribution in [0, 0.1) is 6.92 Å². The molecule has 14 heavy (non-hydrogen) atoms. The highest BCUT2D eigenvalue weighted by atomic mass is 16.2. The molecule has 4 nitrogen and oxygen atoms in total. The number of aryl methyl sites for hydroxylation is 1. The molecule has 1 amide bonds. The van der Waals surface area contributed by atoms with Gasteiger partial charge in [-0.3, -0.25) is 4.79 Å². The third-order valence-electron chi connectivity index (χ3n) is 2.74. The Balaban J connectivity index is 2.21. The van der Waals surface area contributed by atoms with Gasteiger partial charge in [0.1, 0.15) is 5.82 Å². The van der Waals surface area contributed by atoms with Crippen LogP contribution in [-0.2, 0) is 4.79 Å². The van der Waals surface area contributed by atoms with Crippen LogP contribution in [0.25, 0.3) is 0 Å². The van der Waals surface area contributed by atoms with Crippen LogP contribution in [0.2, 0.25) is 0 Å². The molecule has 1 aliphatic heterocycles. The van der Waals surface area contributed by atoms with E-state index < -0.39 is 0 Å². The van der Waals surface area contributed by atoms with Crippen LogP contribution in [-0.4, -0.2) is 27.3 Å². The Labute approximate surface area is 83.3 Å². The minimum absolute atomic E-state index is 0.153. The zero-order valence-corrected chi connectivity index (χ0v) is 8.58. The largest absolute Gasteiger partial charge is 0.344 e. The van der Waals surface area contributed by atoms with Crippen molar-refractivity contribution in [2.75, 3.05) is 6.54 Å². The number of amides is 1. The third kappa shape index (κ3) is 1.52. The SMILES string of the molecule is CC(=O)N1CCC[C@H]1c1cnc(C)[nH]1. The number of hydrogen-bond acceptors (Lipinski definition) is 2. The molecule has 1 aromatic rings. The lowest BCUT2D eigenvalue weighted by molar-refractivity contribution is -0.129. The summed E-state index contributed by atoms with van der Waals surface area (Å²) in [6, 6.07) is 0.216. The zero-order chi connectivity index (χ0) is 10.1. The molecular formula is C10H15N3O. The molecule has 1 N–H and O–H groups in total. The van der Waals surface area contributed by atoms with E-state index in [1.54, 1.807) is 6.92 Å². The normalized spacial score (nSPS) is 21.6. The molecule has 1 fully saturated rings. The van der Waals surface area contributed by atoms with E-state index in [0.29, 0.717) is 0 Å². The highest BCUT2D eigenvalue weighted by molar-refractivity contribution is 5.74. The molecule has 1 atom stereocenters. The van der Waals surface area contributed by atoms with Crippen molar-refractivity contribution in [3.05, 3.63) is 17.7 Å². The quantitative estimate of drug-likeness (QED) is 0.733. The molecular weight excluding hydrogens is 178 g/mol. The van der Waals surface area contributed by atoms with Gasteiger partial charge in [-0.15, -0.1) is 0 Å². The van der Waals surface area contributed by atoms with E-state index in [1.165, 1.54) is 0 Å². The number of nitrogens with one attached hydrogen (secondary N) is 1. The first-order valence-electron chi connectivity index (χ1n) is 4.97. The number of carbonyl (C=O) groups is 1. The molecule has 0 unspecified atom stereocenters. The van der Waals surface area contributed by atoms with E-state index in [-0.39, 0.29) is 11.9 Å². The van der Waals surface area contributed by atoms with E-state index in [1.807, 2.05) is 18.0 Å². The Kier molecular flexibility index (Phi) is 2.27. The number of nitrogens with zero attached hydrogens (tertiary/aromatic N) is 2. The summed E-state index contributed by atoms with van der Waals surface area (Å²) < 4.78 is 0. The maximum Gasteiger partial charge on any atom is 0.220 e. The number of aromatic amines is 1. The van der Waals surface area contributed by atoms with E-state index >= 15 is 0 Å². The van der Waals surface area contributed by atoms with Crippen LogP contribution < -0.4 is 0 Å². The summed E-state index contributed by atoms with van der Waals surface area (Å²) in [6.07, 6.45) is 3.96. The van der Waals surface area contributed by atoms with Crippen molar-refractivity contribution < 1.29 is 4.79 Å². The first-order valence-corrected chi connectivity index (χ1v) is 4.97. The summed E-state index contributed by atoms with van der Waals surface area (Å²) in [4.78, 5) is 20.6. The minimum atomic E-state index is 0.153. The van der Waals surface area contributed by atoms with Gasteiger partial charge < -0.3 is 9.88 Å². The Morgan fingerprint density at radius 2 is 2.50 bits per heavy atom. The Morgan fingerprint density at radius 1 is 1.71 bits per heavy atom. The maximum atomic E-state index is 11.3. The van der Waals surface area contributed by atoms with E-state index in [0.717, 1.165) is 30.9 Å². The molecule has 0 aromatic carbocycles.